The lowest BCUT2D eigenvalue weighted by Crippen LogP contribution is -2.14. The van der Waals surface area contributed by atoms with Gasteiger partial charge in [0.1, 0.15) is 24.7 Å². The molecule has 2 aromatic rings. The monoisotopic (exact) mass is 696 g/mol. The minimum atomic E-state index is -4.67. The highest BCUT2D eigenvalue weighted by Gasteiger charge is 2.05. The van der Waals surface area contributed by atoms with Crippen molar-refractivity contribution in [2.75, 3.05) is 52.9 Å². The van der Waals surface area contributed by atoms with Crippen LogP contribution in [0.25, 0.3) is 0 Å². The molecule has 0 unspecified atom stereocenters. The van der Waals surface area contributed by atoms with E-state index in [0.29, 0.717) is 52.9 Å². The van der Waals surface area contributed by atoms with Crippen LogP contribution in [-0.2, 0) is 37.5 Å². The first-order valence-corrected chi connectivity index (χ1v) is 19.6. The molecule has 0 heterocycles. The van der Waals surface area contributed by atoms with Crippen molar-refractivity contribution in [2.24, 2.45) is 0 Å². The zero-order valence-electron chi connectivity index (χ0n) is 29.7. The first kappa shape index (κ1) is 43.8. The van der Waals surface area contributed by atoms with Gasteiger partial charge in [-0.05, 0) is 48.9 Å². The molecule has 0 amide bonds. The summed E-state index contributed by atoms with van der Waals surface area (Å²) >= 11 is 0. The van der Waals surface area contributed by atoms with Crippen molar-refractivity contribution >= 4 is 10.4 Å². The normalized spacial score (nSPS) is 11.2. The summed E-state index contributed by atoms with van der Waals surface area (Å²) in [4.78, 5) is 0. The smallest absolute Gasteiger partial charge is 0.394 e. The highest BCUT2D eigenvalue weighted by atomic mass is 32.3. The molecule has 0 bridgehead atoms. The molecule has 10 heteroatoms. The summed E-state index contributed by atoms with van der Waals surface area (Å²) in [5, 5.41) is 0. The molecule has 0 aliphatic rings. The van der Waals surface area contributed by atoms with Crippen molar-refractivity contribution < 1.29 is 41.2 Å². The summed E-state index contributed by atoms with van der Waals surface area (Å²) in [6, 6.07) is 16.8. The minimum Gasteiger partial charge on any atom is -0.491 e. The maximum absolute atomic E-state index is 8.74. The Morgan fingerprint density at radius 2 is 0.750 bits per heavy atom. The summed E-state index contributed by atoms with van der Waals surface area (Å²) in [6.45, 7) is 8.99. The van der Waals surface area contributed by atoms with Crippen molar-refractivity contribution in [3.63, 3.8) is 0 Å². The summed E-state index contributed by atoms with van der Waals surface area (Å²) in [7, 11) is -4.67. The maximum atomic E-state index is 8.74. The van der Waals surface area contributed by atoms with E-state index in [2.05, 4.69) is 50.2 Å². The van der Waals surface area contributed by atoms with Crippen molar-refractivity contribution in [1.82, 2.24) is 0 Å². The van der Waals surface area contributed by atoms with E-state index >= 15 is 0 Å². The number of hydrogen-bond donors (Lipinski definition) is 2. The van der Waals surface area contributed by atoms with Crippen LogP contribution in [0.3, 0.4) is 0 Å². The number of hydrogen-bond acceptors (Lipinski definition) is 7. The van der Waals surface area contributed by atoms with Gasteiger partial charge in [0.25, 0.3) is 0 Å². The molecule has 2 aromatic carbocycles. The number of benzene rings is 2. The maximum Gasteiger partial charge on any atom is 0.394 e. The molecule has 0 aliphatic heterocycles. The number of ether oxygens (including phenoxy) is 5. The van der Waals surface area contributed by atoms with Gasteiger partial charge in [-0.25, -0.2) is 0 Å². The van der Waals surface area contributed by atoms with Gasteiger partial charge >= 0.3 is 10.4 Å². The van der Waals surface area contributed by atoms with Gasteiger partial charge in [0.05, 0.1) is 39.6 Å². The molecule has 0 spiro atoms. The van der Waals surface area contributed by atoms with Gasteiger partial charge in [-0.2, -0.15) is 8.42 Å². The molecule has 0 saturated heterocycles. The summed E-state index contributed by atoms with van der Waals surface area (Å²) in [6.07, 6.45) is 20.7. The van der Waals surface area contributed by atoms with Crippen LogP contribution in [0.15, 0.2) is 48.5 Å². The Labute approximate surface area is 291 Å². The van der Waals surface area contributed by atoms with Crippen LogP contribution in [0.5, 0.6) is 11.5 Å². The van der Waals surface area contributed by atoms with Gasteiger partial charge in [0.15, 0.2) is 0 Å². The third-order valence-corrected chi connectivity index (χ3v) is 7.76. The Hall–Kier alpha value is -2.21. The van der Waals surface area contributed by atoms with E-state index in [1.807, 2.05) is 12.1 Å². The van der Waals surface area contributed by atoms with Crippen molar-refractivity contribution in [2.45, 2.75) is 117 Å². The van der Waals surface area contributed by atoms with Gasteiger partial charge < -0.3 is 23.7 Å². The summed E-state index contributed by atoms with van der Waals surface area (Å²) < 4.78 is 60.6. The number of aryl methyl sites for hydroxylation is 2. The van der Waals surface area contributed by atoms with Crippen LogP contribution in [0.4, 0.5) is 0 Å². The molecule has 0 radical (unpaired) electrons. The first-order valence-electron chi connectivity index (χ1n) is 18.2. The Morgan fingerprint density at radius 3 is 1.10 bits per heavy atom. The van der Waals surface area contributed by atoms with E-state index in [1.165, 1.54) is 101 Å². The molecule has 48 heavy (non-hydrogen) atoms. The predicted octanol–water partition coefficient (Wildman–Crippen LogP) is 9.13. The lowest BCUT2D eigenvalue weighted by atomic mass is 10.0. The summed E-state index contributed by atoms with van der Waals surface area (Å²) in [5.74, 6) is 1.98. The molecule has 0 aliphatic carbocycles. The molecule has 0 saturated carbocycles. The topological polar surface area (TPSA) is 121 Å². The van der Waals surface area contributed by atoms with Gasteiger partial charge in [0, 0.05) is 0 Å². The molecule has 0 aromatic heterocycles. The SMILES string of the molecule is CCCCCCCCCc1ccccc1OCCOCCOCCOCCOc1ccccc1CCCCCCCCC.O=S(=O)(O)O. The van der Waals surface area contributed by atoms with Gasteiger partial charge in [-0.1, -0.05) is 127 Å². The Bertz CT molecular complexity index is 1030. The van der Waals surface area contributed by atoms with Crippen LogP contribution in [0, 0.1) is 0 Å². The highest BCUT2D eigenvalue weighted by Crippen LogP contribution is 2.22. The lowest BCUT2D eigenvalue weighted by molar-refractivity contribution is 0.00491. The van der Waals surface area contributed by atoms with Gasteiger partial charge in [-0.15, -0.1) is 0 Å². The average Bonchev–Trinajstić information content (AvgIpc) is 3.06. The second-order valence-corrected chi connectivity index (χ2v) is 12.8. The molecule has 276 valence electrons. The largest absolute Gasteiger partial charge is 0.491 e. The lowest BCUT2D eigenvalue weighted by Gasteiger charge is -2.12. The van der Waals surface area contributed by atoms with E-state index in [4.69, 9.17) is 41.2 Å². The predicted molar refractivity (Wildman–Crippen MR) is 194 cm³/mol. The minimum absolute atomic E-state index is 0.555. The number of rotatable bonds is 30. The van der Waals surface area contributed by atoms with Crippen LogP contribution in [0.1, 0.15) is 115 Å². The van der Waals surface area contributed by atoms with Crippen LogP contribution >= 0.6 is 0 Å². The molecule has 2 rings (SSSR count). The molecular weight excluding hydrogens is 632 g/mol. The number of para-hydroxylation sites is 2. The average molecular weight is 697 g/mol. The van der Waals surface area contributed by atoms with Crippen LogP contribution < -0.4 is 9.47 Å². The highest BCUT2D eigenvalue weighted by molar-refractivity contribution is 7.79. The Morgan fingerprint density at radius 1 is 0.458 bits per heavy atom. The zero-order valence-corrected chi connectivity index (χ0v) is 30.6. The fourth-order valence-corrected chi connectivity index (χ4v) is 5.21. The van der Waals surface area contributed by atoms with Gasteiger partial charge in [-0.3, -0.25) is 9.11 Å². The third kappa shape index (κ3) is 27.7. The van der Waals surface area contributed by atoms with E-state index in [-0.39, 0.29) is 0 Å². The molecular formula is C38H64O9S. The Kier molecular flexibility index (Phi) is 28.1. The molecule has 9 nitrogen and oxygen atoms in total. The van der Waals surface area contributed by atoms with Gasteiger partial charge in [0.2, 0.25) is 0 Å². The van der Waals surface area contributed by atoms with Crippen molar-refractivity contribution in [3.8, 4) is 11.5 Å². The fourth-order valence-electron chi connectivity index (χ4n) is 5.21. The van der Waals surface area contributed by atoms with Crippen LogP contribution in [-0.4, -0.2) is 70.4 Å². The first-order chi connectivity index (χ1) is 23.3. The quantitative estimate of drug-likeness (QED) is 0.0608. The number of unbranched alkanes of at least 4 members (excludes halogenated alkanes) is 12. The molecule has 0 atom stereocenters. The summed E-state index contributed by atoms with van der Waals surface area (Å²) in [5.41, 5.74) is 2.61. The second kappa shape index (κ2) is 30.8. The Balaban J connectivity index is 0.00000213. The fraction of sp³-hybridized carbons (Fsp3) is 0.684. The second-order valence-electron chi connectivity index (χ2n) is 11.9. The van der Waals surface area contributed by atoms with E-state index in [9.17, 15) is 0 Å². The van der Waals surface area contributed by atoms with Crippen LogP contribution in [0.2, 0.25) is 0 Å². The van der Waals surface area contributed by atoms with E-state index < -0.39 is 10.4 Å². The standard InChI is InChI=1S/C38H62O5.H2O4S/c1-3-5-7-9-11-13-15-21-35-23-17-19-25-37(35)42-33-31-40-29-27-39-28-30-41-32-34-43-38-26-20-18-24-36(38)22-16-14-12-10-8-6-4-2;1-5(2,3)4/h17-20,23-26H,3-16,21-22,27-34H2,1-2H3;(H2,1,2,3,4). The molecule has 0 fully saturated rings. The third-order valence-electron chi connectivity index (χ3n) is 7.76. The molecule has 2 N–H and O–H groups in total. The van der Waals surface area contributed by atoms with Crippen molar-refractivity contribution in [1.29, 1.82) is 0 Å². The zero-order chi connectivity index (χ0) is 35.0. The van der Waals surface area contributed by atoms with E-state index in [1.54, 1.807) is 0 Å². The van der Waals surface area contributed by atoms with Crippen molar-refractivity contribution in [3.05, 3.63) is 59.7 Å². The van der Waals surface area contributed by atoms with E-state index in [0.717, 1.165) is 24.3 Å².